The van der Waals surface area contributed by atoms with E-state index < -0.39 is 0 Å². The average molecular weight is 231 g/mol. The molecule has 1 aromatic heterocycles. The van der Waals surface area contributed by atoms with Crippen LogP contribution in [0.4, 0.5) is 0 Å². The molecular formula is C11H13N5O. The van der Waals surface area contributed by atoms with Crippen LogP contribution in [-0.4, -0.2) is 52.2 Å². The minimum atomic E-state index is 0.363. The van der Waals surface area contributed by atoms with E-state index in [1.165, 1.54) is 0 Å². The van der Waals surface area contributed by atoms with Crippen molar-refractivity contribution in [1.29, 1.82) is 5.41 Å². The van der Waals surface area contributed by atoms with Gasteiger partial charge < -0.3 is 9.64 Å². The second-order valence-corrected chi connectivity index (χ2v) is 3.91. The van der Waals surface area contributed by atoms with Crippen molar-refractivity contribution in [3.05, 3.63) is 24.3 Å². The largest absolute Gasteiger partial charge is 0.378 e. The smallest absolute Gasteiger partial charge is 0.221 e. The van der Waals surface area contributed by atoms with Crippen LogP contribution in [0, 0.1) is 5.41 Å². The Balaban J connectivity index is 1.95. The van der Waals surface area contributed by atoms with Crippen molar-refractivity contribution in [2.24, 2.45) is 0 Å². The fourth-order valence-electron chi connectivity index (χ4n) is 1.93. The van der Waals surface area contributed by atoms with Gasteiger partial charge in [-0.1, -0.05) is 17.3 Å². The summed E-state index contributed by atoms with van der Waals surface area (Å²) in [4.78, 5) is 1.95. The van der Waals surface area contributed by atoms with E-state index in [1.54, 1.807) is 4.68 Å². The molecule has 6 nitrogen and oxygen atoms in total. The zero-order chi connectivity index (χ0) is 11.7. The van der Waals surface area contributed by atoms with Crippen LogP contribution in [0.1, 0.15) is 0 Å². The third-order valence-corrected chi connectivity index (χ3v) is 2.86. The van der Waals surface area contributed by atoms with Crippen molar-refractivity contribution >= 4 is 17.0 Å². The molecule has 0 amide bonds. The number of para-hydroxylation sites is 1. The summed E-state index contributed by atoms with van der Waals surface area (Å²) in [5.74, 6) is 0.363. The number of ether oxygens (including phenoxy) is 1. The lowest BCUT2D eigenvalue weighted by atomic mass is 10.3. The molecule has 6 heteroatoms. The Morgan fingerprint density at radius 3 is 2.82 bits per heavy atom. The number of hydrogen-bond donors (Lipinski definition) is 1. The van der Waals surface area contributed by atoms with Gasteiger partial charge in [-0.3, -0.25) is 5.41 Å². The first-order chi connectivity index (χ1) is 8.36. The van der Waals surface area contributed by atoms with Crippen LogP contribution in [0.15, 0.2) is 24.3 Å². The maximum atomic E-state index is 8.15. The van der Waals surface area contributed by atoms with E-state index >= 15 is 0 Å². The highest BCUT2D eigenvalue weighted by Crippen LogP contribution is 2.11. The third kappa shape index (κ3) is 1.76. The highest BCUT2D eigenvalue weighted by molar-refractivity contribution is 5.88. The molecular weight excluding hydrogens is 218 g/mol. The van der Waals surface area contributed by atoms with Gasteiger partial charge in [0, 0.05) is 13.1 Å². The van der Waals surface area contributed by atoms with Gasteiger partial charge in [0.05, 0.1) is 18.7 Å². The normalized spacial score (nSPS) is 16.4. The Kier molecular flexibility index (Phi) is 2.49. The molecule has 17 heavy (non-hydrogen) atoms. The number of nitrogens with zero attached hydrogens (tertiary/aromatic N) is 4. The van der Waals surface area contributed by atoms with Crippen molar-refractivity contribution in [2.75, 3.05) is 26.3 Å². The van der Waals surface area contributed by atoms with Crippen LogP contribution in [0.5, 0.6) is 0 Å². The molecule has 2 aromatic rings. The Morgan fingerprint density at radius 2 is 2.00 bits per heavy atom. The summed E-state index contributed by atoms with van der Waals surface area (Å²) in [6.45, 7) is 2.78. The maximum Gasteiger partial charge on any atom is 0.221 e. The van der Waals surface area contributed by atoms with Gasteiger partial charge in [0.25, 0.3) is 0 Å². The molecule has 1 saturated heterocycles. The van der Waals surface area contributed by atoms with E-state index in [-0.39, 0.29) is 0 Å². The summed E-state index contributed by atoms with van der Waals surface area (Å²) in [5.41, 5.74) is 1.68. The standard InChI is InChI=1S/C11H13N5O/c12-11(15-5-7-17-8-6-15)16-10-4-2-1-3-9(10)13-14-16/h1-4,12H,5-8H2. The molecule has 88 valence electrons. The quantitative estimate of drug-likeness (QED) is 0.531. The van der Waals surface area contributed by atoms with Gasteiger partial charge in [-0.25, -0.2) is 0 Å². The molecule has 0 spiro atoms. The number of morpholine rings is 1. The highest BCUT2D eigenvalue weighted by atomic mass is 16.5. The molecule has 1 N–H and O–H groups in total. The topological polar surface area (TPSA) is 67.0 Å². The summed E-state index contributed by atoms with van der Waals surface area (Å²) in [7, 11) is 0. The molecule has 0 bridgehead atoms. The van der Waals surface area contributed by atoms with Gasteiger partial charge >= 0.3 is 0 Å². The van der Waals surface area contributed by atoms with Crippen LogP contribution in [0.2, 0.25) is 0 Å². The minimum Gasteiger partial charge on any atom is -0.378 e. The molecule has 1 aliphatic heterocycles. The number of benzene rings is 1. The monoisotopic (exact) mass is 231 g/mol. The van der Waals surface area contributed by atoms with Gasteiger partial charge in [-0.05, 0) is 12.1 Å². The van der Waals surface area contributed by atoms with Crippen molar-refractivity contribution in [1.82, 2.24) is 19.9 Å². The summed E-state index contributed by atoms with van der Waals surface area (Å²) >= 11 is 0. The lowest BCUT2D eigenvalue weighted by Crippen LogP contribution is -2.43. The van der Waals surface area contributed by atoms with Gasteiger partial charge in [0.1, 0.15) is 5.52 Å². The van der Waals surface area contributed by atoms with Crippen LogP contribution >= 0.6 is 0 Å². The summed E-state index contributed by atoms with van der Waals surface area (Å²) in [6.07, 6.45) is 0. The van der Waals surface area contributed by atoms with E-state index in [2.05, 4.69) is 10.3 Å². The van der Waals surface area contributed by atoms with Crippen molar-refractivity contribution < 1.29 is 4.74 Å². The molecule has 0 saturated carbocycles. The van der Waals surface area contributed by atoms with E-state index in [4.69, 9.17) is 10.1 Å². The van der Waals surface area contributed by atoms with Crippen LogP contribution in [-0.2, 0) is 4.74 Å². The molecule has 1 aliphatic rings. The lowest BCUT2D eigenvalue weighted by molar-refractivity contribution is 0.0661. The van der Waals surface area contributed by atoms with Gasteiger partial charge in [0.15, 0.2) is 0 Å². The molecule has 0 unspecified atom stereocenters. The molecule has 0 atom stereocenters. The van der Waals surface area contributed by atoms with Gasteiger partial charge in [0.2, 0.25) is 5.96 Å². The Labute approximate surface area is 98.3 Å². The summed E-state index contributed by atoms with van der Waals surface area (Å²) in [6, 6.07) is 7.66. The predicted octanol–water partition coefficient (Wildman–Crippen LogP) is 0.546. The fraction of sp³-hybridized carbons (Fsp3) is 0.364. The van der Waals surface area contributed by atoms with Gasteiger partial charge in [-0.15, -0.1) is 5.10 Å². The SMILES string of the molecule is N=C(N1CCOCC1)n1nnc2ccccc21. The Morgan fingerprint density at radius 1 is 1.24 bits per heavy atom. The van der Waals surface area contributed by atoms with Crippen LogP contribution < -0.4 is 0 Å². The Bertz CT molecular complexity index is 544. The van der Waals surface area contributed by atoms with Crippen molar-refractivity contribution in [3.63, 3.8) is 0 Å². The first-order valence-corrected chi connectivity index (χ1v) is 5.58. The van der Waals surface area contributed by atoms with E-state index in [9.17, 15) is 0 Å². The zero-order valence-electron chi connectivity index (χ0n) is 9.33. The zero-order valence-corrected chi connectivity index (χ0v) is 9.33. The number of aromatic nitrogens is 3. The summed E-state index contributed by atoms with van der Waals surface area (Å²) < 4.78 is 6.84. The highest BCUT2D eigenvalue weighted by Gasteiger charge is 2.17. The molecule has 1 fully saturated rings. The fourth-order valence-corrected chi connectivity index (χ4v) is 1.93. The second kappa shape index (κ2) is 4.14. The third-order valence-electron chi connectivity index (χ3n) is 2.86. The number of rotatable bonds is 0. The average Bonchev–Trinajstić information content (AvgIpc) is 2.83. The first kappa shape index (κ1) is 10.2. The Hall–Kier alpha value is -1.95. The number of fused-ring (bicyclic) bond motifs is 1. The molecule has 0 aliphatic carbocycles. The van der Waals surface area contributed by atoms with Crippen molar-refractivity contribution in [3.8, 4) is 0 Å². The second-order valence-electron chi connectivity index (χ2n) is 3.91. The number of nitrogens with one attached hydrogen (secondary N) is 1. The van der Waals surface area contributed by atoms with Crippen molar-refractivity contribution in [2.45, 2.75) is 0 Å². The molecule has 1 aromatic carbocycles. The first-order valence-electron chi connectivity index (χ1n) is 5.58. The van der Waals surface area contributed by atoms with Crippen LogP contribution in [0.3, 0.4) is 0 Å². The van der Waals surface area contributed by atoms with Crippen LogP contribution in [0.25, 0.3) is 11.0 Å². The molecule has 3 rings (SSSR count). The minimum absolute atomic E-state index is 0.363. The van der Waals surface area contributed by atoms with E-state index in [0.717, 1.165) is 24.1 Å². The van der Waals surface area contributed by atoms with E-state index in [1.807, 2.05) is 29.2 Å². The van der Waals surface area contributed by atoms with E-state index in [0.29, 0.717) is 19.2 Å². The predicted molar refractivity (Wildman–Crippen MR) is 63.0 cm³/mol. The molecule has 2 heterocycles. The lowest BCUT2D eigenvalue weighted by Gasteiger charge is -2.28. The summed E-state index contributed by atoms with van der Waals surface area (Å²) in [5, 5.41) is 16.2. The molecule has 0 radical (unpaired) electrons. The van der Waals surface area contributed by atoms with Gasteiger partial charge in [-0.2, -0.15) is 4.68 Å². The number of hydrogen-bond acceptors (Lipinski definition) is 4. The maximum absolute atomic E-state index is 8.15.